The molecule has 134 valence electrons. The minimum Gasteiger partial charge on any atom is -0.352 e. The van der Waals surface area contributed by atoms with Gasteiger partial charge in [0.2, 0.25) is 5.91 Å². The summed E-state index contributed by atoms with van der Waals surface area (Å²) in [4.78, 5) is 16.6. The van der Waals surface area contributed by atoms with Crippen LogP contribution in [0.2, 0.25) is 0 Å². The monoisotopic (exact) mass is 359 g/mol. The van der Waals surface area contributed by atoms with Crippen LogP contribution in [0.15, 0.2) is 29.7 Å². The Hall–Kier alpha value is -1.89. The summed E-state index contributed by atoms with van der Waals surface area (Å²) in [5.74, 6) is 1.42. The van der Waals surface area contributed by atoms with Gasteiger partial charge in [0.15, 0.2) is 11.0 Å². The van der Waals surface area contributed by atoms with E-state index in [1.165, 1.54) is 31.0 Å². The molecule has 25 heavy (non-hydrogen) atoms. The molecule has 3 atom stereocenters. The van der Waals surface area contributed by atoms with Crippen LogP contribution < -0.4 is 5.32 Å². The third-order valence-corrected chi connectivity index (χ3v) is 6.00. The summed E-state index contributed by atoms with van der Waals surface area (Å²) in [6, 6.07) is 4.11. The quantitative estimate of drug-likeness (QED) is 0.831. The maximum Gasteiger partial charge on any atom is 0.233 e. The molecule has 0 saturated heterocycles. The average molecular weight is 359 g/mol. The van der Waals surface area contributed by atoms with Gasteiger partial charge in [0.25, 0.3) is 0 Å². The molecule has 2 aromatic heterocycles. The van der Waals surface area contributed by atoms with Crippen molar-refractivity contribution in [2.24, 2.45) is 13.0 Å². The van der Waals surface area contributed by atoms with E-state index in [4.69, 9.17) is 0 Å². The van der Waals surface area contributed by atoms with Gasteiger partial charge in [-0.2, -0.15) is 0 Å². The second-order valence-electron chi connectivity index (χ2n) is 6.74. The van der Waals surface area contributed by atoms with E-state index in [1.54, 1.807) is 12.4 Å². The lowest BCUT2D eigenvalue weighted by Gasteiger charge is -2.30. The minimum atomic E-state index is -0.206. The Bertz CT molecular complexity index is 718. The Kier molecular flexibility index (Phi) is 5.73. The predicted molar refractivity (Wildman–Crippen MR) is 99.1 cm³/mol. The van der Waals surface area contributed by atoms with Gasteiger partial charge in [0.1, 0.15) is 0 Å². The number of amides is 1. The number of aromatic nitrogens is 4. The molecule has 0 unspecified atom stereocenters. The number of pyridine rings is 1. The highest BCUT2D eigenvalue weighted by Crippen LogP contribution is 2.27. The van der Waals surface area contributed by atoms with Crippen LogP contribution in [0.3, 0.4) is 0 Å². The molecule has 0 bridgehead atoms. The molecule has 1 N–H and O–H groups in total. The highest BCUT2D eigenvalue weighted by atomic mass is 32.2. The third-order valence-electron chi connectivity index (χ3n) is 4.86. The van der Waals surface area contributed by atoms with E-state index < -0.39 is 0 Å². The summed E-state index contributed by atoms with van der Waals surface area (Å²) in [5.41, 5.74) is 0.963. The van der Waals surface area contributed by atoms with E-state index in [1.807, 2.05) is 30.7 Å². The van der Waals surface area contributed by atoms with Gasteiger partial charge in [0.05, 0.1) is 5.25 Å². The average Bonchev–Trinajstić information content (AvgIpc) is 2.98. The largest absolute Gasteiger partial charge is 0.352 e. The first-order chi connectivity index (χ1) is 12.1. The minimum absolute atomic E-state index is 0.0808. The molecule has 1 aliphatic rings. The second-order valence-corrected chi connectivity index (χ2v) is 8.05. The summed E-state index contributed by atoms with van der Waals surface area (Å²) in [6.45, 7) is 4.15. The topological polar surface area (TPSA) is 72.7 Å². The number of thioether (sulfide) groups is 1. The van der Waals surface area contributed by atoms with Crippen molar-refractivity contribution in [2.45, 2.75) is 56.0 Å². The van der Waals surface area contributed by atoms with Crippen LogP contribution in [0.25, 0.3) is 11.4 Å². The molecule has 6 nitrogen and oxygen atoms in total. The first kappa shape index (κ1) is 17.9. The maximum absolute atomic E-state index is 12.6. The summed E-state index contributed by atoms with van der Waals surface area (Å²) >= 11 is 1.45. The first-order valence-electron chi connectivity index (χ1n) is 8.83. The SMILES string of the molecule is C[C@@H]1CCCC[C@@H]1NC(=O)[C@@H](C)Sc1nnc(-c2ccncc2)n1C. The van der Waals surface area contributed by atoms with Crippen LogP contribution in [0.4, 0.5) is 0 Å². The molecule has 0 aliphatic heterocycles. The molecule has 1 saturated carbocycles. The van der Waals surface area contributed by atoms with E-state index in [0.717, 1.165) is 23.0 Å². The number of carbonyl (C=O) groups is 1. The highest BCUT2D eigenvalue weighted by Gasteiger charge is 2.26. The van der Waals surface area contributed by atoms with Crippen LogP contribution in [-0.4, -0.2) is 36.9 Å². The summed E-state index contributed by atoms with van der Waals surface area (Å²) in [5, 5.41) is 12.3. The molecule has 0 spiro atoms. The van der Waals surface area contributed by atoms with E-state index >= 15 is 0 Å². The zero-order valence-corrected chi connectivity index (χ0v) is 15.8. The Balaban J connectivity index is 1.64. The van der Waals surface area contributed by atoms with E-state index in [9.17, 15) is 4.79 Å². The van der Waals surface area contributed by atoms with Crippen molar-refractivity contribution >= 4 is 17.7 Å². The zero-order valence-electron chi connectivity index (χ0n) is 15.0. The summed E-state index contributed by atoms with van der Waals surface area (Å²) < 4.78 is 1.92. The van der Waals surface area contributed by atoms with Crippen molar-refractivity contribution in [1.82, 2.24) is 25.1 Å². The van der Waals surface area contributed by atoms with Crippen LogP contribution in [0.1, 0.15) is 39.5 Å². The number of carbonyl (C=O) groups excluding carboxylic acids is 1. The van der Waals surface area contributed by atoms with Gasteiger partial charge in [-0.25, -0.2) is 0 Å². The number of hydrogen-bond donors (Lipinski definition) is 1. The molecule has 1 amide bonds. The van der Waals surface area contributed by atoms with Crippen molar-refractivity contribution in [3.8, 4) is 11.4 Å². The number of nitrogens with one attached hydrogen (secondary N) is 1. The van der Waals surface area contributed by atoms with Crippen molar-refractivity contribution < 1.29 is 4.79 Å². The second kappa shape index (κ2) is 7.99. The first-order valence-corrected chi connectivity index (χ1v) is 9.71. The van der Waals surface area contributed by atoms with Crippen LogP contribution in [-0.2, 0) is 11.8 Å². The maximum atomic E-state index is 12.6. The molecular weight excluding hydrogens is 334 g/mol. The van der Waals surface area contributed by atoms with Gasteiger partial charge in [-0.1, -0.05) is 31.5 Å². The Morgan fingerprint density at radius 2 is 2.00 bits per heavy atom. The van der Waals surface area contributed by atoms with Gasteiger partial charge < -0.3 is 9.88 Å². The Morgan fingerprint density at radius 3 is 2.72 bits per heavy atom. The highest BCUT2D eigenvalue weighted by molar-refractivity contribution is 8.00. The van der Waals surface area contributed by atoms with Crippen LogP contribution in [0.5, 0.6) is 0 Å². The molecule has 2 heterocycles. The third kappa shape index (κ3) is 4.21. The van der Waals surface area contributed by atoms with E-state index in [0.29, 0.717) is 12.0 Å². The molecule has 1 fully saturated rings. The predicted octanol–water partition coefficient (Wildman–Crippen LogP) is 3.05. The molecule has 0 radical (unpaired) electrons. The summed E-state index contributed by atoms with van der Waals surface area (Å²) in [6.07, 6.45) is 8.23. The standard InChI is InChI=1S/C18H25N5OS/c1-12-6-4-5-7-15(12)20-17(24)13(2)25-18-22-21-16(23(18)3)14-8-10-19-11-9-14/h8-13,15H,4-7H2,1-3H3,(H,20,24)/t12-,13-,15+/m1/s1. The lowest BCUT2D eigenvalue weighted by Crippen LogP contribution is -2.44. The fourth-order valence-corrected chi connectivity index (χ4v) is 4.04. The lowest BCUT2D eigenvalue weighted by atomic mass is 9.86. The van der Waals surface area contributed by atoms with Crippen molar-refractivity contribution in [2.75, 3.05) is 0 Å². The Morgan fingerprint density at radius 1 is 1.28 bits per heavy atom. The van der Waals surface area contributed by atoms with Gasteiger partial charge in [0, 0.05) is 31.0 Å². The van der Waals surface area contributed by atoms with Crippen molar-refractivity contribution in [3.63, 3.8) is 0 Å². The molecular formula is C18H25N5OS. The molecule has 2 aromatic rings. The van der Waals surface area contributed by atoms with Gasteiger partial charge in [-0.05, 0) is 37.8 Å². The Labute approximate surface area is 152 Å². The van der Waals surface area contributed by atoms with Gasteiger partial charge in [-0.15, -0.1) is 10.2 Å². The van der Waals surface area contributed by atoms with Gasteiger partial charge in [-0.3, -0.25) is 9.78 Å². The molecule has 1 aliphatic carbocycles. The molecule has 0 aromatic carbocycles. The molecule has 7 heteroatoms. The number of nitrogens with zero attached hydrogens (tertiary/aromatic N) is 4. The van der Waals surface area contributed by atoms with Crippen molar-refractivity contribution in [3.05, 3.63) is 24.5 Å². The van der Waals surface area contributed by atoms with E-state index in [-0.39, 0.29) is 11.2 Å². The fourth-order valence-electron chi connectivity index (χ4n) is 3.21. The van der Waals surface area contributed by atoms with Crippen molar-refractivity contribution in [1.29, 1.82) is 0 Å². The van der Waals surface area contributed by atoms with Crippen LogP contribution >= 0.6 is 11.8 Å². The van der Waals surface area contributed by atoms with Gasteiger partial charge >= 0.3 is 0 Å². The number of hydrogen-bond acceptors (Lipinski definition) is 5. The van der Waals surface area contributed by atoms with Crippen LogP contribution in [0, 0.1) is 5.92 Å². The fraction of sp³-hybridized carbons (Fsp3) is 0.556. The normalized spacial score (nSPS) is 21.7. The smallest absolute Gasteiger partial charge is 0.233 e. The van der Waals surface area contributed by atoms with E-state index in [2.05, 4.69) is 27.4 Å². The summed E-state index contributed by atoms with van der Waals surface area (Å²) in [7, 11) is 1.92. The molecule has 3 rings (SSSR count). The number of rotatable bonds is 5. The zero-order chi connectivity index (χ0) is 17.8. The lowest BCUT2D eigenvalue weighted by molar-refractivity contribution is -0.121.